The van der Waals surface area contributed by atoms with Gasteiger partial charge in [0.15, 0.2) is 21.3 Å². The van der Waals surface area contributed by atoms with Gasteiger partial charge in [-0.2, -0.15) is 0 Å². The summed E-state index contributed by atoms with van der Waals surface area (Å²) < 4.78 is 41.5. The van der Waals surface area contributed by atoms with Gasteiger partial charge in [0.05, 0.1) is 32.8 Å². The van der Waals surface area contributed by atoms with Gasteiger partial charge >= 0.3 is 0 Å². The summed E-state index contributed by atoms with van der Waals surface area (Å²) in [6.07, 6.45) is 0. The number of sulfone groups is 1. The third-order valence-corrected chi connectivity index (χ3v) is 5.99. The maximum absolute atomic E-state index is 13.0. The second kappa shape index (κ2) is 7.55. The molecule has 0 spiro atoms. The van der Waals surface area contributed by atoms with E-state index in [4.69, 9.17) is 14.2 Å². The Hall–Kier alpha value is -2.25. The second-order valence-electron chi connectivity index (χ2n) is 5.11. The van der Waals surface area contributed by atoms with Gasteiger partial charge in [0.1, 0.15) is 11.0 Å². The topological polar surface area (TPSA) is 89.5 Å². The van der Waals surface area contributed by atoms with Gasteiger partial charge in [-0.05, 0) is 42.0 Å². The van der Waals surface area contributed by atoms with Crippen molar-refractivity contribution in [2.24, 2.45) is 0 Å². The fourth-order valence-electron chi connectivity index (χ4n) is 2.48. The van der Waals surface area contributed by atoms with E-state index in [0.29, 0.717) is 22.8 Å². The summed E-state index contributed by atoms with van der Waals surface area (Å²) in [4.78, 5) is 0.228. The van der Waals surface area contributed by atoms with Crippen LogP contribution in [-0.2, 0) is 9.84 Å². The van der Waals surface area contributed by atoms with E-state index in [1.54, 1.807) is 30.3 Å². The largest absolute Gasteiger partial charge is 0.497 e. The van der Waals surface area contributed by atoms with Gasteiger partial charge in [-0.25, -0.2) is 8.42 Å². The Morgan fingerprint density at radius 1 is 0.917 bits per heavy atom. The number of ether oxygens (including phenoxy) is 3. The number of rotatable bonds is 7. The van der Waals surface area contributed by atoms with Crippen LogP contribution >= 0.6 is 0 Å². The molecule has 0 aliphatic heterocycles. The third kappa shape index (κ3) is 3.47. The molecule has 2 aromatic carbocycles. The molecule has 0 heterocycles. The molecule has 0 aromatic heterocycles. The van der Waals surface area contributed by atoms with Crippen molar-refractivity contribution in [2.75, 3.05) is 27.9 Å². The lowest BCUT2D eigenvalue weighted by molar-refractivity contribution is -0.367. The van der Waals surface area contributed by atoms with Crippen molar-refractivity contribution in [1.29, 1.82) is 0 Å². The van der Waals surface area contributed by atoms with E-state index in [2.05, 4.69) is 5.73 Å². The number of hydrogen-bond donors (Lipinski definition) is 1. The minimum atomic E-state index is -3.59. The first-order valence-electron chi connectivity index (χ1n) is 7.37. The standard InChI is InChI=1S/C17H21NO5S/c1-21-13-5-7-14(8-6-13)24(19,20)17(11-18)12-4-9-15(22-2)16(10-12)23-3/h4-10,17H,11,18H2,1-3H3/p+1/t17-/m0/s1. The first-order chi connectivity index (χ1) is 11.5. The summed E-state index contributed by atoms with van der Waals surface area (Å²) in [6, 6.07) is 11.4. The van der Waals surface area contributed by atoms with Gasteiger partial charge in [-0.1, -0.05) is 6.07 Å². The monoisotopic (exact) mass is 352 g/mol. The smallest absolute Gasteiger partial charge is 0.190 e. The maximum atomic E-state index is 13.0. The molecule has 2 aromatic rings. The summed E-state index contributed by atoms with van der Waals surface area (Å²) in [5.74, 6) is 1.63. The van der Waals surface area contributed by atoms with Crippen LogP contribution in [0.4, 0.5) is 0 Å². The Morgan fingerprint density at radius 2 is 1.54 bits per heavy atom. The van der Waals surface area contributed by atoms with Crippen LogP contribution in [-0.4, -0.2) is 36.3 Å². The molecule has 3 N–H and O–H groups in total. The van der Waals surface area contributed by atoms with Crippen LogP contribution in [0.15, 0.2) is 47.4 Å². The summed E-state index contributed by atoms with van der Waals surface area (Å²) in [6.45, 7) is 0.198. The van der Waals surface area contributed by atoms with Gasteiger partial charge in [-0.15, -0.1) is 0 Å². The Morgan fingerprint density at radius 3 is 2.04 bits per heavy atom. The first kappa shape index (κ1) is 18.1. The predicted molar refractivity (Wildman–Crippen MR) is 90.2 cm³/mol. The molecular weight excluding hydrogens is 330 g/mol. The number of benzene rings is 2. The normalized spacial score (nSPS) is 12.5. The molecular formula is C17H22NO5S+. The minimum absolute atomic E-state index is 0.198. The number of quaternary nitrogens is 1. The van der Waals surface area contributed by atoms with Crippen LogP contribution in [0.5, 0.6) is 17.2 Å². The molecule has 6 nitrogen and oxygen atoms in total. The fourth-order valence-corrected chi connectivity index (χ4v) is 4.14. The molecule has 0 fully saturated rings. The lowest BCUT2D eigenvalue weighted by Gasteiger charge is -2.17. The van der Waals surface area contributed by atoms with Crippen molar-refractivity contribution in [3.63, 3.8) is 0 Å². The molecule has 2 rings (SSSR count). The molecule has 24 heavy (non-hydrogen) atoms. The molecule has 0 unspecified atom stereocenters. The Kier molecular flexibility index (Phi) is 5.69. The fraction of sp³-hybridized carbons (Fsp3) is 0.294. The Labute approximate surface area is 142 Å². The molecule has 7 heteroatoms. The van der Waals surface area contributed by atoms with Gasteiger partial charge in [0.2, 0.25) is 0 Å². The van der Waals surface area contributed by atoms with E-state index >= 15 is 0 Å². The van der Waals surface area contributed by atoms with Gasteiger partial charge in [0, 0.05) is 0 Å². The van der Waals surface area contributed by atoms with E-state index in [-0.39, 0.29) is 11.4 Å². The molecule has 0 aliphatic rings. The summed E-state index contributed by atoms with van der Waals surface area (Å²) in [5, 5.41) is -0.772. The van der Waals surface area contributed by atoms with E-state index in [1.807, 2.05) is 0 Å². The summed E-state index contributed by atoms with van der Waals surface area (Å²) in [7, 11) is 0.990. The summed E-state index contributed by atoms with van der Waals surface area (Å²) >= 11 is 0. The van der Waals surface area contributed by atoms with Crippen LogP contribution in [0.2, 0.25) is 0 Å². The van der Waals surface area contributed by atoms with E-state index in [1.165, 1.54) is 33.5 Å². The average molecular weight is 352 g/mol. The van der Waals surface area contributed by atoms with Crippen LogP contribution < -0.4 is 19.9 Å². The van der Waals surface area contributed by atoms with Crippen LogP contribution in [0.1, 0.15) is 10.8 Å². The molecule has 0 aliphatic carbocycles. The highest BCUT2D eigenvalue weighted by Crippen LogP contribution is 2.34. The van der Waals surface area contributed by atoms with Crippen LogP contribution in [0.3, 0.4) is 0 Å². The molecule has 1 atom stereocenters. The van der Waals surface area contributed by atoms with Gasteiger partial charge in [-0.3, -0.25) is 0 Å². The zero-order valence-electron chi connectivity index (χ0n) is 14.0. The molecule has 0 amide bonds. The minimum Gasteiger partial charge on any atom is -0.497 e. The second-order valence-corrected chi connectivity index (χ2v) is 7.24. The number of hydrogen-bond acceptors (Lipinski definition) is 5. The zero-order valence-corrected chi connectivity index (χ0v) is 14.8. The highest BCUT2D eigenvalue weighted by atomic mass is 32.2. The van der Waals surface area contributed by atoms with Gasteiger partial charge in [0.25, 0.3) is 0 Å². The quantitative estimate of drug-likeness (QED) is 0.815. The van der Waals surface area contributed by atoms with Crippen LogP contribution in [0, 0.1) is 0 Å². The van der Waals surface area contributed by atoms with Gasteiger partial charge < -0.3 is 19.9 Å². The highest BCUT2D eigenvalue weighted by molar-refractivity contribution is 7.91. The SMILES string of the molecule is COc1ccc(S(=O)(=O)[C@@H](C[NH3+])c2ccc(OC)c(OC)c2)cc1. The highest BCUT2D eigenvalue weighted by Gasteiger charge is 2.30. The molecule has 130 valence electrons. The Balaban J connectivity index is 2.45. The first-order valence-corrected chi connectivity index (χ1v) is 8.91. The van der Waals surface area contributed by atoms with Crippen molar-refractivity contribution in [3.05, 3.63) is 48.0 Å². The molecule has 0 saturated heterocycles. The average Bonchev–Trinajstić information content (AvgIpc) is 2.62. The Bertz CT molecular complexity index is 787. The van der Waals surface area contributed by atoms with E-state index < -0.39 is 15.1 Å². The van der Waals surface area contributed by atoms with E-state index in [9.17, 15) is 8.42 Å². The van der Waals surface area contributed by atoms with Crippen molar-refractivity contribution in [2.45, 2.75) is 10.1 Å². The number of methoxy groups -OCH3 is 3. The third-order valence-electron chi connectivity index (χ3n) is 3.80. The molecule has 0 bridgehead atoms. The van der Waals surface area contributed by atoms with Crippen LogP contribution in [0.25, 0.3) is 0 Å². The zero-order chi connectivity index (χ0) is 17.7. The molecule has 0 radical (unpaired) electrons. The van der Waals surface area contributed by atoms with Crippen molar-refractivity contribution in [3.8, 4) is 17.2 Å². The predicted octanol–water partition coefficient (Wildman–Crippen LogP) is 1.47. The van der Waals surface area contributed by atoms with E-state index in [0.717, 1.165) is 0 Å². The van der Waals surface area contributed by atoms with Crippen molar-refractivity contribution in [1.82, 2.24) is 0 Å². The van der Waals surface area contributed by atoms with Crippen molar-refractivity contribution >= 4 is 9.84 Å². The molecule has 0 saturated carbocycles. The lowest BCUT2D eigenvalue weighted by Crippen LogP contribution is -2.54. The maximum Gasteiger partial charge on any atom is 0.190 e. The van der Waals surface area contributed by atoms with Crippen molar-refractivity contribution < 1.29 is 28.4 Å². The lowest BCUT2D eigenvalue weighted by atomic mass is 10.1. The summed E-state index contributed by atoms with van der Waals surface area (Å²) in [5.41, 5.74) is 4.42.